The van der Waals surface area contributed by atoms with Crippen LogP contribution in [0.1, 0.15) is 13.8 Å². The second kappa shape index (κ2) is 7.20. The van der Waals surface area contributed by atoms with Gasteiger partial charge in [0.05, 0.1) is 6.54 Å². The highest BCUT2D eigenvalue weighted by Crippen LogP contribution is 2.10. The van der Waals surface area contributed by atoms with Crippen LogP contribution in [-0.2, 0) is 9.59 Å². The molecule has 6 nitrogen and oxygen atoms in total. The average Bonchev–Trinajstić information content (AvgIpc) is 2.31. The van der Waals surface area contributed by atoms with E-state index in [2.05, 4.69) is 31.5 Å². The molecule has 0 aliphatic rings. The summed E-state index contributed by atoms with van der Waals surface area (Å²) < 4.78 is 0.814. The lowest BCUT2D eigenvalue weighted by atomic mass is 10.1. The SMILES string of the molecule is CC(C)C(NCC(=O)Nc1ccc(Br)cn1)C(=O)O. The Bertz CT molecular complexity index is 448. The lowest BCUT2D eigenvalue weighted by Gasteiger charge is -2.17. The fourth-order valence-corrected chi connectivity index (χ4v) is 1.68. The highest BCUT2D eigenvalue weighted by Gasteiger charge is 2.21. The number of halogens is 1. The number of carbonyl (C=O) groups is 2. The van der Waals surface area contributed by atoms with Gasteiger partial charge in [-0.15, -0.1) is 0 Å². The van der Waals surface area contributed by atoms with Crippen LogP contribution < -0.4 is 10.6 Å². The molecule has 0 aliphatic heterocycles. The fourth-order valence-electron chi connectivity index (χ4n) is 1.45. The second-order valence-corrected chi connectivity index (χ2v) is 5.27. The Balaban J connectivity index is 2.47. The summed E-state index contributed by atoms with van der Waals surface area (Å²) in [6, 6.07) is 2.66. The lowest BCUT2D eigenvalue weighted by Crippen LogP contribution is -2.44. The second-order valence-electron chi connectivity index (χ2n) is 4.35. The molecule has 1 aromatic rings. The molecule has 7 heteroatoms. The Morgan fingerprint density at radius 2 is 2.11 bits per heavy atom. The number of hydrogen-bond acceptors (Lipinski definition) is 4. The summed E-state index contributed by atoms with van der Waals surface area (Å²) in [5.41, 5.74) is 0. The lowest BCUT2D eigenvalue weighted by molar-refractivity contribution is -0.140. The van der Waals surface area contributed by atoms with E-state index >= 15 is 0 Å². The maximum atomic E-state index is 11.6. The molecule has 1 rings (SSSR count). The molecule has 19 heavy (non-hydrogen) atoms. The van der Waals surface area contributed by atoms with E-state index in [-0.39, 0.29) is 18.4 Å². The van der Waals surface area contributed by atoms with Gasteiger partial charge in [-0.2, -0.15) is 0 Å². The van der Waals surface area contributed by atoms with E-state index in [1.165, 1.54) is 0 Å². The molecular weight excluding hydrogens is 314 g/mol. The molecule has 0 saturated carbocycles. The monoisotopic (exact) mass is 329 g/mol. The van der Waals surface area contributed by atoms with Crippen molar-refractivity contribution < 1.29 is 14.7 Å². The Hall–Kier alpha value is -1.47. The van der Waals surface area contributed by atoms with Gasteiger partial charge < -0.3 is 10.4 Å². The van der Waals surface area contributed by atoms with E-state index in [1.54, 1.807) is 32.2 Å². The molecule has 1 aromatic heterocycles. The third-order valence-corrected chi connectivity index (χ3v) is 2.88. The molecule has 1 atom stereocenters. The summed E-state index contributed by atoms with van der Waals surface area (Å²) in [7, 11) is 0. The first-order chi connectivity index (χ1) is 8.90. The molecule has 1 heterocycles. The van der Waals surface area contributed by atoms with Gasteiger partial charge >= 0.3 is 5.97 Å². The first-order valence-corrected chi connectivity index (χ1v) is 6.57. The molecule has 0 aliphatic carbocycles. The maximum Gasteiger partial charge on any atom is 0.320 e. The van der Waals surface area contributed by atoms with E-state index in [0.29, 0.717) is 5.82 Å². The Labute approximate surface area is 119 Å². The molecule has 1 unspecified atom stereocenters. The van der Waals surface area contributed by atoms with E-state index < -0.39 is 12.0 Å². The predicted molar refractivity (Wildman–Crippen MR) is 74.8 cm³/mol. The predicted octanol–water partition coefficient (Wildman–Crippen LogP) is 1.48. The number of amides is 1. The number of nitrogens with one attached hydrogen (secondary N) is 2. The van der Waals surface area contributed by atoms with Crippen molar-refractivity contribution in [2.75, 3.05) is 11.9 Å². The van der Waals surface area contributed by atoms with Gasteiger partial charge in [-0.1, -0.05) is 13.8 Å². The smallest absolute Gasteiger partial charge is 0.320 e. The van der Waals surface area contributed by atoms with Crippen LogP contribution in [-0.4, -0.2) is 34.6 Å². The van der Waals surface area contributed by atoms with E-state index in [0.717, 1.165) is 4.47 Å². The zero-order valence-corrected chi connectivity index (χ0v) is 12.3. The van der Waals surface area contributed by atoms with Crippen molar-refractivity contribution in [3.05, 3.63) is 22.8 Å². The van der Waals surface area contributed by atoms with Gasteiger partial charge in [0.1, 0.15) is 11.9 Å². The minimum absolute atomic E-state index is 0.0765. The summed E-state index contributed by atoms with van der Waals surface area (Å²) in [6.45, 7) is 3.48. The topological polar surface area (TPSA) is 91.3 Å². The van der Waals surface area contributed by atoms with Crippen LogP contribution in [0, 0.1) is 5.92 Å². The van der Waals surface area contributed by atoms with Gasteiger partial charge in [-0.3, -0.25) is 14.9 Å². The normalized spacial score (nSPS) is 12.2. The minimum atomic E-state index is -0.968. The van der Waals surface area contributed by atoms with Crippen molar-refractivity contribution in [2.24, 2.45) is 5.92 Å². The first kappa shape index (κ1) is 15.6. The van der Waals surface area contributed by atoms with Gasteiger partial charge in [0.25, 0.3) is 0 Å². The molecule has 0 bridgehead atoms. The summed E-state index contributed by atoms with van der Waals surface area (Å²) in [6.07, 6.45) is 1.57. The van der Waals surface area contributed by atoms with Crippen molar-refractivity contribution in [1.29, 1.82) is 0 Å². The van der Waals surface area contributed by atoms with Crippen LogP contribution in [0.15, 0.2) is 22.8 Å². The number of carboxylic acids is 1. The largest absolute Gasteiger partial charge is 0.480 e. The molecule has 0 fully saturated rings. The number of anilines is 1. The van der Waals surface area contributed by atoms with Crippen LogP contribution in [0.2, 0.25) is 0 Å². The summed E-state index contributed by atoms with van der Waals surface area (Å²) >= 11 is 3.24. The van der Waals surface area contributed by atoms with Crippen molar-refractivity contribution in [2.45, 2.75) is 19.9 Å². The molecule has 1 amide bonds. The summed E-state index contributed by atoms with van der Waals surface area (Å²) in [5, 5.41) is 14.2. The third-order valence-electron chi connectivity index (χ3n) is 2.41. The maximum absolute atomic E-state index is 11.6. The molecule has 0 aromatic carbocycles. The zero-order chi connectivity index (χ0) is 14.4. The standard InChI is InChI=1S/C12H16BrN3O3/c1-7(2)11(12(18)19)15-6-10(17)16-9-4-3-8(13)5-14-9/h3-5,7,11,15H,6H2,1-2H3,(H,18,19)(H,14,16,17). The van der Waals surface area contributed by atoms with Crippen LogP contribution in [0.3, 0.4) is 0 Å². The van der Waals surface area contributed by atoms with Gasteiger partial charge in [0.15, 0.2) is 0 Å². The fraction of sp³-hybridized carbons (Fsp3) is 0.417. The Kier molecular flexibility index (Phi) is 5.91. The molecule has 0 spiro atoms. The molecule has 3 N–H and O–H groups in total. The van der Waals surface area contributed by atoms with Gasteiger partial charge in [0, 0.05) is 10.7 Å². The van der Waals surface area contributed by atoms with Crippen LogP contribution >= 0.6 is 15.9 Å². The van der Waals surface area contributed by atoms with Gasteiger partial charge in [0.2, 0.25) is 5.91 Å². The zero-order valence-electron chi connectivity index (χ0n) is 10.7. The number of rotatable bonds is 6. The molecule has 0 radical (unpaired) electrons. The van der Waals surface area contributed by atoms with Gasteiger partial charge in [-0.25, -0.2) is 4.98 Å². The Morgan fingerprint density at radius 1 is 1.42 bits per heavy atom. The highest BCUT2D eigenvalue weighted by molar-refractivity contribution is 9.10. The number of nitrogens with zero attached hydrogens (tertiary/aromatic N) is 1. The average molecular weight is 330 g/mol. The highest BCUT2D eigenvalue weighted by atomic mass is 79.9. The van der Waals surface area contributed by atoms with Crippen LogP contribution in [0.5, 0.6) is 0 Å². The number of aromatic nitrogens is 1. The van der Waals surface area contributed by atoms with E-state index in [4.69, 9.17) is 5.11 Å². The van der Waals surface area contributed by atoms with Crippen molar-refractivity contribution >= 4 is 33.6 Å². The quantitative estimate of drug-likeness (QED) is 0.735. The number of pyridine rings is 1. The van der Waals surface area contributed by atoms with E-state index in [9.17, 15) is 9.59 Å². The Morgan fingerprint density at radius 3 is 2.58 bits per heavy atom. The number of hydrogen-bond donors (Lipinski definition) is 3. The number of carboxylic acid groups (broad SMARTS) is 1. The summed E-state index contributed by atoms with van der Waals surface area (Å²) in [4.78, 5) is 26.6. The van der Waals surface area contributed by atoms with Gasteiger partial charge in [-0.05, 0) is 34.0 Å². The number of aliphatic carboxylic acids is 1. The molecule has 104 valence electrons. The summed E-state index contributed by atoms with van der Waals surface area (Å²) in [5.74, 6) is -0.978. The minimum Gasteiger partial charge on any atom is -0.480 e. The first-order valence-electron chi connectivity index (χ1n) is 5.77. The van der Waals surface area contributed by atoms with Crippen molar-refractivity contribution in [3.63, 3.8) is 0 Å². The van der Waals surface area contributed by atoms with E-state index in [1.807, 2.05) is 0 Å². The molecule has 0 saturated heterocycles. The van der Waals surface area contributed by atoms with Crippen LogP contribution in [0.25, 0.3) is 0 Å². The number of carbonyl (C=O) groups excluding carboxylic acids is 1. The van der Waals surface area contributed by atoms with Crippen molar-refractivity contribution in [1.82, 2.24) is 10.3 Å². The third kappa shape index (κ3) is 5.35. The van der Waals surface area contributed by atoms with Crippen LogP contribution in [0.4, 0.5) is 5.82 Å². The van der Waals surface area contributed by atoms with Crippen molar-refractivity contribution in [3.8, 4) is 0 Å². The molecular formula is C12H16BrN3O3.